The molecule has 0 amide bonds. The number of hydrogen-bond acceptors (Lipinski definition) is 3. The highest BCUT2D eigenvalue weighted by atomic mass is 16.5. The monoisotopic (exact) mass is 364 g/mol. The third-order valence-electron chi connectivity index (χ3n) is 6.21. The van der Waals surface area contributed by atoms with Crippen molar-refractivity contribution in [1.29, 1.82) is 0 Å². The van der Waals surface area contributed by atoms with Crippen LogP contribution in [-0.2, 0) is 17.7 Å². The molecule has 0 N–H and O–H groups in total. The highest BCUT2D eigenvalue weighted by Gasteiger charge is 2.41. The molecule has 1 aliphatic heterocycles. The summed E-state index contributed by atoms with van der Waals surface area (Å²) >= 11 is 0. The molecule has 27 heavy (non-hydrogen) atoms. The fourth-order valence-electron chi connectivity index (χ4n) is 4.83. The lowest BCUT2D eigenvalue weighted by atomic mass is 9.76. The Kier molecular flexibility index (Phi) is 6.23. The van der Waals surface area contributed by atoms with E-state index >= 15 is 0 Å². The lowest BCUT2D eigenvalue weighted by Gasteiger charge is -2.52. The Morgan fingerprint density at radius 2 is 1.37 bits per heavy atom. The van der Waals surface area contributed by atoms with E-state index in [-0.39, 0.29) is 5.54 Å². The van der Waals surface area contributed by atoms with Gasteiger partial charge in [0.2, 0.25) is 0 Å². The van der Waals surface area contributed by atoms with Gasteiger partial charge in [0.15, 0.2) is 0 Å². The highest BCUT2D eigenvalue weighted by molar-refractivity contribution is 5.20. The van der Waals surface area contributed by atoms with Gasteiger partial charge in [0.25, 0.3) is 0 Å². The van der Waals surface area contributed by atoms with Crippen molar-refractivity contribution >= 4 is 0 Å². The minimum Gasteiger partial charge on any atom is -0.379 e. The van der Waals surface area contributed by atoms with Crippen molar-refractivity contribution in [2.75, 3.05) is 26.3 Å². The number of ether oxygens (including phenoxy) is 1. The number of morpholine rings is 1. The Morgan fingerprint density at radius 1 is 0.778 bits per heavy atom. The Hall–Kier alpha value is -1.68. The molecule has 1 saturated heterocycles. The van der Waals surface area contributed by atoms with Crippen molar-refractivity contribution in [3.8, 4) is 0 Å². The summed E-state index contributed by atoms with van der Waals surface area (Å²) in [5.41, 5.74) is 3.08. The van der Waals surface area contributed by atoms with Crippen LogP contribution in [0.4, 0.5) is 0 Å². The van der Waals surface area contributed by atoms with Gasteiger partial charge in [-0.1, -0.05) is 79.9 Å². The number of nitrogens with zero attached hydrogens (tertiary/aromatic N) is 2. The summed E-state index contributed by atoms with van der Waals surface area (Å²) in [6.07, 6.45) is 7.75. The number of hydrazine groups is 1. The van der Waals surface area contributed by atoms with Gasteiger partial charge in [-0.05, 0) is 30.4 Å². The molecule has 0 unspecified atom stereocenters. The summed E-state index contributed by atoms with van der Waals surface area (Å²) in [4.78, 5) is 0. The minimum atomic E-state index is 0.215. The lowest BCUT2D eigenvalue weighted by Crippen LogP contribution is -2.61. The van der Waals surface area contributed by atoms with E-state index in [0.717, 1.165) is 39.3 Å². The maximum Gasteiger partial charge on any atom is 0.0608 e. The Labute approximate surface area is 163 Å². The van der Waals surface area contributed by atoms with Gasteiger partial charge in [-0.25, -0.2) is 10.0 Å². The smallest absolute Gasteiger partial charge is 0.0608 e. The summed E-state index contributed by atoms with van der Waals surface area (Å²) in [5, 5.41) is 5.32. The fraction of sp³-hybridized carbons (Fsp3) is 0.500. The second-order valence-corrected chi connectivity index (χ2v) is 8.06. The van der Waals surface area contributed by atoms with Crippen LogP contribution >= 0.6 is 0 Å². The molecule has 1 heterocycles. The standard InChI is InChI=1S/C24H32N2O/c1-4-10-22(11-5-1)20-24(14-8-3-9-15-24)26(25-16-18-27-19-17-25)21-23-12-6-2-7-13-23/h1-2,4-7,10-13H,3,8-9,14-21H2. The quantitative estimate of drug-likeness (QED) is 0.740. The molecular weight excluding hydrogens is 332 g/mol. The van der Waals surface area contributed by atoms with E-state index in [1.165, 1.54) is 43.2 Å². The van der Waals surface area contributed by atoms with Crippen molar-refractivity contribution < 1.29 is 4.74 Å². The molecule has 0 bridgehead atoms. The molecule has 4 rings (SSSR count). The SMILES string of the molecule is c1ccc(CN(N2CCOCC2)C2(Cc3ccccc3)CCCCC2)cc1. The van der Waals surface area contributed by atoms with E-state index in [1.54, 1.807) is 0 Å². The van der Waals surface area contributed by atoms with Crippen molar-refractivity contribution in [2.45, 2.75) is 50.6 Å². The zero-order valence-electron chi connectivity index (χ0n) is 16.4. The van der Waals surface area contributed by atoms with Gasteiger partial charge >= 0.3 is 0 Å². The van der Waals surface area contributed by atoms with Crippen LogP contribution in [0.5, 0.6) is 0 Å². The molecule has 2 aromatic rings. The van der Waals surface area contributed by atoms with Crippen molar-refractivity contribution in [3.63, 3.8) is 0 Å². The van der Waals surface area contributed by atoms with Gasteiger partial charge in [0, 0.05) is 25.2 Å². The summed E-state index contributed by atoms with van der Waals surface area (Å²) in [5.74, 6) is 0. The summed E-state index contributed by atoms with van der Waals surface area (Å²) < 4.78 is 5.67. The van der Waals surface area contributed by atoms with Crippen molar-refractivity contribution in [2.24, 2.45) is 0 Å². The summed E-state index contributed by atoms with van der Waals surface area (Å²) in [6.45, 7) is 4.68. The number of rotatable bonds is 6. The average Bonchev–Trinajstić information content (AvgIpc) is 2.75. The Morgan fingerprint density at radius 3 is 2.00 bits per heavy atom. The predicted molar refractivity (Wildman–Crippen MR) is 110 cm³/mol. The van der Waals surface area contributed by atoms with E-state index in [9.17, 15) is 0 Å². The number of hydrogen-bond donors (Lipinski definition) is 0. The van der Waals surface area contributed by atoms with E-state index in [2.05, 4.69) is 70.7 Å². The largest absolute Gasteiger partial charge is 0.379 e. The second-order valence-electron chi connectivity index (χ2n) is 8.06. The highest BCUT2D eigenvalue weighted by Crippen LogP contribution is 2.39. The molecule has 0 spiro atoms. The normalized spacial score (nSPS) is 20.6. The molecule has 144 valence electrons. The zero-order valence-corrected chi connectivity index (χ0v) is 16.4. The van der Waals surface area contributed by atoms with Gasteiger partial charge < -0.3 is 4.74 Å². The van der Waals surface area contributed by atoms with E-state index < -0.39 is 0 Å². The first-order valence-electron chi connectivity index (χ1n) is 10.5. The van der Waals surface area contributed by atoms with Crippen LogP contribution in [0.15, 0.2) is 60.7 Å². The van der Waals surface area contributed by atoms with Gasteiger partial charge in [0.05, 0.1) is 13.2 Å². The molecule has 3 nitrogen and oxygen atoms in total. The predicted octanol–water partition coefficient (Wildman–Crippen LogP) is 4.68. The molecule has 0 atom stereocenters. The molecule has 1 saturated carbocycles. The lowest BCUT2D eigenvalue weighted by molar-refractivity contribution is -0.164. The van der Waals surface area contributed by atoms with Crippen molar-refractivity contribution in [1.82, 2.24) is 10.0 Å². The van der Waals surface area contributed by atoms with Crippen LogP contribution in [-0.4, -0.2) is 41.9 Å². The van der Waals surface area contributed by atoms with Gasteiger partial charge in [-0.15, -0.1) is 0 Å². The molecular formula is C24H32N2O. The van der Waals surface area contributed by atoms with Crippen LogP contribution in [0.1, 0.15) is 43.2 Å². The first-order chi connectivity index (χ1) is 13.4. The molecule has 0 radical (unpaired) electrons. The van der Waals surface area contributed by atoms with Gasteiger partial charge in [-0.2, -0.15) is 0 Å². The van der Waals surface area contributed by atoms with Crippen LogP contribution in [0, 0.1) is 0 Å². The van der Waals surface area contributed by atoms with E-state index in [0.29, 0.717) is 0 Å². The zero-order chi connectivity index (χ0) is 18.4. The maximum atomic E-state index is 5.67. The Bertz CT molecular complexity index is 676. The van der Waals surface area contributed by atoms with Crippen LogP contribution in [0.25, 0.3) is 0 Å². The first-order valence-corrected chi connectivity index (χ1v) is 10.5. The molecule has 2 aromatic carbocycles. The van der Waals surface area contributed by atoms with Gasteiger partial charge in [0.1, 0.15) is 0 Å². The topological polar surface area (TPSA) is 15.7 Å². The summed E-state index contributed by atoms with van der Waals surface area (Å²) in [7, 11) is 0. The fourth-order valence-corrected chi connectivity index (χ4v) is 4.83. The number of benzene rings is 2. The molecule has 1 aliphatic carbocycles. The van der Waals surface area contributed by atoms with Crippen LogP contribution < -0.4 is 0 Å². The van der Waals surface area contributed by atoms with Crippen LogP contribution in [0.2, 0.25) is 0 Å². The van der Waals surface area contributed by atoms with E-state index in [4.69, 9.17) is 4.74 Å². The second kappa shape index (κ2) is 9.01. The molecule has 2 aliphatic rings. The molecule has 2 fully saturated rings. The van der Waals surface area contributed by atoms with E-state index in [1.807, 2.05) is 0 Å². The van der Waals surface area contributed by atoms with Crippen LogP contribution in [0.3, 0.4) is 0 Å². The third kappa shape index (κ3) is 4.60. The minimum absolute atomic E-state index is 0.215. The molecule has 3 heteroatoms. The Balaban J connectivity index is 1.66. The van der Waals surface area contributed by atoms with Gasteiger partial charge in [-0.3, -0.25) is 0 Å². The summed E-state index contributed by atoms with van der Waals surface area (Å²) in [6, 6.07) is 22.1. The van der Waals surface area contributed by atoms with Crippen molar-refractivity contribution in [3.05, 3.63) is 71.8 Å². The third-order valence-corrected chi connectivity index (χ3v) is 6.21. The molecule has 0 aromatic heterocycles. The first kappa shape index (κ1) is 18.7. The maximum absolute atomic E-state index is 5.67. The average molecular weight is 365 g/mol.